The van der Waals surface area contributed by atoms with Crippen LogP contribution in [0.25, 0.3) is 0 Å². The van der Waals surface area contributed by atoms with E-state index >= 15 is 0 Å². The summed E-state index contributed by atoms with van der Waals surface area (Å²) < 4.78 is 5.12. The van der Waals surface area contributed by atoms with E-state index in [-0.39, 0.29) is 6.10 Å². The molecule has 0 spiro atoms. The summed E-state index contributed by atoms with van der Waals surface area (Å²) in [5.74, 6) is 0.294. The van der Waals surface area contributed by atoms with Gasteiger partial charge in [0, 0.05) is 5.92 Å². The Morgan fingerprint density at radius 2 is 2.36 bits per heavy atom. The molecule has 1 heterocycles. The third-order valence-corrected chi connectivity index (χ3v) is 2.22. The molecule has 2 nitrogen and oxygen atoms in total. The highest BCUT2D eigenvalue weighted by atomic mass is 16.5. The molecule has 0 bridgehead atoms. The zero-order valence-corrected chi connectivity index (χ0v) is 7.05. The molecule has 0 aromatic heterocycles. The lowest BCUT2D eigenvalue weighted by Gasteiger charge is -2.12. The standard InChI is InChI=1S/C9H16O2/c1-3-7(2)4-8-5-11-6-9(8)10/h8-10H,2-6H2,1H3. The lowest BCUT2D eigenvalue weighted by atomic mass is 9.96. The first-order valence-corrected chi connectivity index (χ1v) is 4.16. The van der Waals surface area contributed by atoms with Crippen LogP contribution in [0.15, 0.2) is 12.2 Å². The van der Waals surface area contributed by atoms with Gasteiger partial charge in [0.15, 0.2) is 0 Å². The molecule has 64 valence electrons. The van der Waals surface area contributed by atoms with Crippen LogP contribution in [-0.2, 0) is 4.74 Å². The fraction of sp³-hybridized carbons (Fsp3) is 0.778. The molecule has 0 radical (unpaired) electrons. The van der Waals surface area contributed by atoms with Gasteiger partial charge in [-0.1, -0.05) is 19.1 Å². The monoisotopic (exact) mass is 156 g/mol. The second kappa shape index (κ2) is 3.88. The first-order valence-electron chi connectivity index (χ1n) is 4.16. The van der Waals surface area contributed by atoms with E-state index in [9.17, 15) is 5.11 Å². The van der Waals surface area contributed by atoms with E-state index in [0.29, 0.717) is 19.1 Å². The summed E-state index contributed by atoms with van der Waals surface area (Å²) in [5.41, 5.74) is 1.21. The molecule has 0 saturated carbocycles. The van der Waals surface area contributed by atoms with Gasteiger partial charge in [-0.15, -0.1) is 0 Å². The first-order chi connectivity index (χ1) is 5.24. The Morgan fingerprint density at radius 1 is 1.64 bits per heavy atom. The van der Waals surface area contributed by atoms with Gasteiger partial charge < -0.3 is 9.84 Å². The second-order valence-corrected chi connectivity index (χ2v) is 3.17. The van der Waals surface area contributed by atoms with Gasteiger partial charge in [-0.3, -0.25) is 0 Å². The molecule has 2 atom stereocenters. The maximum Gasteiger partial charge on any atom is 0.0826 e. The summed E-state index contributed by atoms with van der Waals surface area (Å²) in [6, 6.07) is 0. The molecule has 1 rings (SSSR count). The molecule has 0 aliphatic carbocycles. The van der Waals surface area contributed by atoms with E-state index in [1.54, 1.807) is 0 Å². The van der Waals surface area contributed by atoms with Gasteiger partial charge in [-0.05, 0) is 12.8 Å². The van der Waals surface area contributed by atoms with Crippen molar-refractivity contribution in [2.45, 2.75) is 25.9 Å². The van der Waals surface area contributed by atoms with Gasteiger partial charge in [0.25, 0.3) is 0 Å². The summed E-state index contributed by atoms with van der Waals surface area (Å²) in [7, 11) is 0. The highest BCUT2D eigenvalue weighted by Crippen LogP contribution is 2.21. The third-order valence-electron chi connectivity index (χ3n) is 2.22. The van der Waals surface area contributed by atoms with Crippen molar-refractivity contribution in [2.24, 2.45) is 5.92 Å². The van der Waals surface area contributed by atoms with Gasteiger partial charge in [0.2, 0.25) is 0 Å². The minimum Gasteiger partial charge on any atom is -0.390 e. The summed E-state index contributed by atoms with van der Waals surface area (Å²) in [4.78, 5) is 0. The normalized spacial score (nSPS) is 30.7. The van der Waals surface area contributed by atoms with Gasteiger partial charge >= 0.3 is 0 Å². The quantitative estimate of drug-likeness (QED) is 0.625. The van der Waals surface area contributed by atoms with Crippen molar-refractivity contribution in [3.05, 3.63) is 12.2 Å². The summed E-state index contributed by atoms with van der Waals surface area (Å²) in [6.07, 6.45) is 1.65. The second-order valence-electron chi connectivity index (χ2n) is 3.17. The van der Waals surface area contributed by atoms with Gasteiger partial charge in [0.1, 0.15) is 0 Å². The Kier molecular flexibility index (Phi) is 3.09. The van der Waals surface area contributed by atoms with Crippen molar-refractivity contribution in [2.75, 3.05) is 13.2 Å². The van der Waals surface area contributed by atoms with Crippen molar-refractivity contribution in [3.8, 4) is 0 Å². The fourth-order valence-electron chi connectivity index (χ4n) is 1.30. The number of aliphatic hydroxyl groups excluding tert-OH is 1. The Morgan fingerprint density at radius 3 is 2.82 bits per heavy atom. The van der Waals surface area contributed by atoms with E-state index in [2.05, 4.69) is 13.5 Å². The van der Waals surface area contributed by atoms with Gasteiger partial charge in [0.05, 0.1) is 19.3 Å². The molecule has 1 aliphatic rings. The molecule has 2 unspecified atom stereocenters. The predicted molar refractivity (Wildman–Crippen MR) is 44.4 cm³/mol. The Bertz CT molecular complexity index is 142. The Labute approximate surface area is 67.9 Å². The first kappa shape index (κ1) is 8.75. The molecule has 11 heavy (non-hydrogen) atoms. The molecule has 0 aromatic rings. The number of rotatable bonds is 3. The highest BCUT2D eigenvalue weighted by molar-refractivity contribution is 4.96. The van der Waals surface area contributed by atoms with Crippen LogP contribution >= 0.6 is 0 Å². The number of hydrogen-bond donors (Lipinski definition) is 1. The molecule has 1 saturated heterocycles. The van der Waals surface area contributed by atoms with E-state index in [4.69, 9.17) is 4.74 Å². The average Bonchev–Trinajstić information content (AvgIpc) is 2.37. The minimum absolute atomic E-state index is 0.265. The van der Waals surface area contributed by atoms with Crippen LogP contribution in [0.2, 0.25) is 0 Å². The number of allylic oxidation sites excluding steroid dienone is 1. The van der Waals surface area contributed by atoms with Gasteiger partial charge in [-0.25, -0.2) is 0 Å². The minimum atomic E-state index is -0.265. The van der Waals surface area contributed by atoms with Crippen molar-refractivity contribution >= 4 is 0 Å². The molecule has 0 amide bonds. The molecule has 1 N–H and O–H groups in total. The molecule has 1 aliphatic heterocycles. The van der Waals surface area contributed by atoms with Crippen LogP contribution in [0.4, 0.5) is 0 Å². The Balaban J connectivity index is 2.30. The lowest BCUT2D eigenvalue weighted by Crippen LogP contribution is -2.17. The van der Waals surface area contributed by atoms with E-state index in [0.717, 1.165) is 12.8 Å². The highest BCUT2D eigenvalue weighted by Gasteiger charge is 2.25. The summed E-state index contributed by atoms with van der Waals surface area (Å²) in [6.45, 7) is 7.19. The zero-order valence-electron chi connectivity index (χ0n) is 7.05. The maximum atomic E-state index is 9.37. The molecular weight excluding hydrogens is 140 g/mol. The van der Waals surface area contributed by atoms with E-state index in [1.807, 2.05) is 0 Å². The SMILES string of the molecule is C=C(CC)CC1COCC1O. The fourth-order valence-corrected chi connectivity index (χ4v) is 1.30. The lowest BCUT2D eigenvalue weighted by molar-refractivity contribution is 0.118. The zero-order chi connectivity index (χ0) is 8.27. The smallest absolute Gasteiger partial charge is 0.0826 e. The topological polar surface area (TPSA) is 29.5 Å². The molecular formula is C9H16O2. The largest absolute Gasteiger partial charge is 0.390 e. The van der Waals surface area contributed by atoms with E-state index < -0.39 is 0 Å². The summed E-state index contributed by atoms with van der Waals surface area (Å²) >= 11 is 0. The van der Waals surface area contributed by atoms with Crippen LogP contribution in [-0.4, -0.2) is 24.4 Å². The third kappa shape index (κ3) is 2.31. The number of ether oxygens (including phenoxy) is 1. The maximum absolute atomic E-state index is 9.37. The van der Waals surface area contributed by atoms with Crippen molar-refractivity contribution in [1.82, 2.24) is 0 Å². The van der Waals surface area contributed by atoms with Crippen molar-refractivity contribution in [3.63, 3.8) is 0 Å². The number of hydrogen-bond acceptors (Lipinski definition) is 2. The molecule has 2 heteroatoms. The van der Waals surface area contributed by atoms with Crippen LogP contribution < -0.4 is 0 Å². The van der Waals surface area contributed by atoms with Crippen LogP contribution in [0, 0.1) is 5.92 Å². The number of aliphatic hydroxyl groups is 1. The van der Waals surface area contributed by atoms with Gasteiger partial charge in [-0.2, -0.15) is 0 Å². The Hall–Kier alpha value is -0.340. The van der Waals surface area contributed by atoms with Crippen LogP contribution in [0.3, 0.4) is 0 Å². The summed E-state index contributed by atoms with van der Waals surface area (Å²) in [5, 5.41) is 9.37. The molecule has 1 fully saturated rings. The van der Waals surface area contributed by atoms with E-state index in [1.165, 1.54) is 5.57 Å². The van der Waals surface area contributed by atoms with Crippen molar-refractivity contribution in [1.29, 1.82) is 0 Å². The average molecular weight is 156 g/mol. The van der Waals surface area contributed by atoms with Crippen molar-refractivity contribution < 1.29 is 9.84 Å². The van der Waals surface area contributed by atoms with Crippen LogP contribution in [0.5, 0.6) is 0 Å². The molecule has 0 aromatic carbocycles. The predicted octanol–water partition coefficient (Wildman–Crippen LogP) is 1.35. The van der Waals surface area contributed by atoms with Crippen LogP contribution in [0.1, 0.15) is 19.8 Å².